The van der Waals surface area contributed by atoms with E-state index in [2.05, 4.69) is 0 Å². The van der Waals surface area contributed by atoms with Gasteiger partial charge in [-0.2, -0.15) is 0 Å². The molecule has 2 rings (SSSR count). The molecule has 0 saturated carbocycles. The largest absolute Gasteiger partial charge is 0.480 e. The Morgan fingerprint density at radius 2 is 1.59 bits per heavy atom. The van der Waals surface area contributed by atoms with Crippen molar-refractivity contribution in [2.24, 2.45) is 0 Å². The lowest BCUT2D eigenvalue weighted by atomic mass is 10.1. The summed E-state index contributed by atoms with van der Waals surface area (Å²) in [4.78, 5) is 25.3. The zero-order chi connectivity index (χ0) is 16.3. The second kappa shape index (κ2) is 6.43. The van der Waals surface area contributed by atoms with Gasteiger partial charge in [-0.25, -0.2) is 0 Å². The van der Waals surface area contributed by atoms with Crippen molar-refractivity contribution in [1.82, 2.24) is 0 Å². The fourth-order valence-electron chi connectivity index (χ4n) is 2.52. The Kier molecular flexibility index (Phi) is 4.61. The molecule has 114 valence electrons. The minimum atomic E-state index is -1.04. The number of aliphatic carboxylic acids is 1. The van der Waals surface area contributed by atoms with Crippen LogP contribution in [0.1, 0.15) is 27.0 Å². The van der Waals surface area contributed by atoms with Gasteiger partial charge in [-0.05, 0) is 44.5 Å². The van der Waals surface area contributed by atoms with E-state index in [1.807, 2.05) is 39.0 Å². The average molecular weight is 297 g/mol. The molecule has 0 saturated heterocycles. The smallest absolute Gasteiger partial charge is 0.323 e. The zero-order valence-corrected chi connectivity index (χ0v) is 13.0. The summed E-state index contributed by atoms with van der Waals surface area (Å²) in [5, 5.41) is 9.15. The van der Waals surface area contributed by atoms with Crippen LogP contribution in [0.4, 0.5) is 5.69 Å². The third-order valence-electron chi connectivity index (χ3n) is 3.41. The summed E-state index contributed by atoms with van der Waals surface area (Å²) < 4.78 is 0. The number of para-hydroxylation sites is 1. The molecular weight excluding hydrogens is 278 g/mol. The van der Waals surface area contributed by atoms with Gasteiger partial charge in [-0.1, -0.05) is 35.4 Å². The lowest BCUT2D eigenvalue weighted by Crippen LogP contribution is -2.36. The van der Waals surface area contributed by atoms with Crippen LogP contribution in [0.15, 0.2) is 42.5 Å². The minimum absolute atomic E-state index is 0.302. The van der Waals surface area contributed by atoms with Crippen molar-refractivity contribution < 1.29 is 14.7 Å². The van der Waals surface area contributed by atoms with Crippen LogP contribution in [0.2, 0.25) is 0 Å². The Morgan fingerprint density at radius 3 is 2.14 bits per heavy atom. The Balaban J connectivity index is 2.47. The van der Waals surface area contributed by atoms with Crippen LogP contribution in [0.25, 0.3) is 0 Å². The van der Waals surface area contributed by atoms with Gasteiger partial charge >= 0.3 is 5.97 Å². The van der Waals surface area contributed by atoms with Crippen molar-refractivity contribution >= 4 is 17.6 Å². The molecule has 0 aliphatic rings. The van der Waals surface area contributed by atoms with Gasteiger partial charge in [0.15, 0.2) is 0 Å². The molecule has 2 aromatic carbocycles. The molecule has 1 amide bonds. The molecule has 0 aromatic heterocycles. The van der Waals surface area contributed by atoms with E-state index in [1.54, 1.807) is 24.3 Å². The highest BCUT2D eigenvalue weighted by Crippen LogP contribution is 2.22. The third-order valence-corrected chi connectivity index (χ3v) is 3.41. The fraction of sp³-hybridized carbons (Fsp3) is 0.222. The van der Waals surface area contributed by atoms with E-state index < -0.39 is 5.97 Å². The Morgan fingerprint density at radius 1 is 1.00 bits per heavy atom. The first-order valence-corrected chi connectivity index (χ1v) is 7.06. The maximum absolute atomic E-state index is 12.8. The highest BCUT2D eigenvalue weighted by molar-refractivity contribution is 6.08. The van der Waals surface area contributed by atoms with Gasteiger partial charge in [0, 0.05) is 11.3 Å². The number of carboxylic acid groups (broad SMARTS) is 1. The van der Waals surface area contributed by atoms with Gasteiger partial charge < -0.3 is 5.11 Å². The summed E-state index contributed by atoms with van der Waals surface area (Å²) in [6, 6.07) is 12.8. The molecule has 0 spiro atoms. The second-order valence-electron chi connectivity index (χ2n) is 5.45. The summed E-state index contributed by atoms with van der Waals surface area (Å²) in [6.45, 7) is 5.33. The van der Waals surface area contributed by atoms with Crippen LogP contribution < -0.4 is 4.90 Å². The number of aryl methyl sites for hydroxylation is 3. The van der Waals surface area contributed by atoms with E-state index in [9.17, 15) is 9.59 Å². The summed E-state index contributed by atoms with van der Waals surface area (Å²) in [6.07, 6.45) is 0. The number of nitrogens with zero attached hydrogens (tertiary/aromatic N) is 1. The summed E-state index contributed by atoms with van der Waals surface area (Å²) in [5.74, 6) is -1.34. The highest BCUT2D eigenvalue weighted by atomic mass is 16.4. The summed E-state index contributed by atoms with van der Waals surface area (Å²) in [7, 11) is 0. The zero-order valence-electron chi connectivity index (χ0n) is 13.0. The molecule has 0 atom stereocenters. The number of hydrogen-bond donors (Lipinski definition) is 1. The van der Waals surface area contributed by atoms with Crippen LogP contribution in [-0.4, -0.2) is 23.5 Å². The standard InChI is InChI=1S/C18H19NO3/c1-12-8-13(2)10-15(9-12)18(22)19(11-17(20)21)16-7-5-4-6-14(16)3/h4-10H,11H2,1-3H3,(H,20,21). The highest BCUT2D eigenvalue weighted by Gasteiger charge is 2.22. The molecule has 4 heteroatoms. The van der Waals surface area contributed by atoms with E-state index >= 15 is 0 Å². The van der Waals surface area contributed by atoms with E-state index in [1.165, 1.54) is 4.90 Å². The summed E-state index contributed by atoms with van der Waals surface area (Å²) >= 11 is 0. The Bertz CT molecular complexity index is 702. The van der Waals surface area contributed by atoms with Crippen LogP contribution in [-0.2, 0) is 4.79 Å². The number of rotatable bonds is 4. The van der Waals surface area contributed by atoms with E-state index in [4.69, 9.17) is 5.11 Å². The fourth-order valence-corrected chi connectivity index (χ4v) is 2.52. The van der Waals surface area contributed by atoms with Crippen molar-refractivity contribution in [3.8, 4) is 0 Å². The molecule has 0 heterocycles. The number of carboxylic acids is 1. The van der Waals surface area contributed by atoms with Gasteiger partial charge in [0.25, 0.3) is 5.91 Å². The van der Waals surface area contributed by atoms with Gasteiger partial charge in [-0.3, -0.25) is 14.5 Å². The number of carbonyl (C=O) groups excluding carboxylic acids is 1. The quantitative estimate of drug-likeness (QED) is 0.941. The van der Waals surface area contributed by atoms with Gasteiger partial charge in [0.2, 0.25) is 0 Å². The van der Waals surface area contributed by atoms with Gasteiger partial charge in [-0.15, -0.1) is 0 Å². The summed E-state index contributed by atoms with van der Waals surface area (Å²) in [5.41, 5.74) is 3.93. The molecule has 0 fully saturated rings. The molecule has 0 unspecified atom stereocenters. The number of hydrogen-bond acceptors (Lipinski definition) is 2. The maximum atomic E-state index is 12.8. The van der Waals surface area contributed by atoms with E-state index in [-0.39, 0.29) is 12.5 Å². The average Bonchev–Trinajstić information content (AvgIpc) is 2.43. The third kappa shape index (κ3) is 3.52. The Hall–Kier alpha value is -2.62. The number of carbonyl (C=O) groups is 2. The lowest BCUT2D eigenvalue weighted by Gasteiger charge is -2.23. The SMILES string of the molecule is Cc1cc(C)cc(C(=O)N(CC(=O)O)c2ccccc2C)c1. The second-order valence-corrected chi connectivity index (χ2v) is 5.45. The minimum Gasteiger partial charge on any atom is -0.480 e. The van der Waals surface area contributed by atoms with Crippen LogP contribution >= 0.6 is 0 Å². The molecule has 1 N–H and O–H groups in total. The maximum Gasteiger partial charge on any atom is 0.323 e. The normalized spacial score (nSPS) is 10.3. The molecule has 0 radical (unpaired) electrons. The van der Waals surface area contributed by atoms with E-state index in [0.29, 0.717) is 11.3 Å². The first-order valence-electron chi connectivity index (χ1n) is 7.06. The van der Waals surface area contributed by atoms with Crippen molar-refractivity contribution in [3.63, 3.8) is 0 Å². The lowest BCUT2D eigenvalue weighted by molar-refractivity contribution is -0.135. The molecule has 0 aliphatic carbocycles. The number of amides is 1. The van der Waals surface area contributed by atoms with Gasteiger partial charge in [0.1, 0.15) is 6.54 Å². The van der Waals surface area contributed by atoms with Crippen LogP contribution in [0, 0.1) is 20.8 Å². The number of benzene rings is 2. The first-order chi connectivity index (χ1) is 10.4. The predicted octanol–water partition coefficient (Wildman–Crippen LogP) is 3.34. The van der Waals surface area contributed by atoms with Gasteiger partial charge in [0.05, 0.1) is 0 Å². The molecule has 0 aliphatic heterocycles. The van der Waals surface area contributed by atoms with Crippen molar-refractivity contribution in [3.05, 3.63) is 64.7 Å². The monoisotopic (exact) mass is 297 g/mol. The van der Waals surface area contributed by atoms with Crippen LogP contribution in [0.5, 0.6) is 0 Å². The van der Waals surface area contributed by atoms with Crippen molar-refractivity contribution in [2.45, 2.75) is 20.8 Å². The number of anilines is 1. The topological polar surface area (TPSA) is 57.6 Å². The van der Waals surface area contributed by atoms with Crippen molar-refractivity contribution in [2.75, 3.05) is 11.4 Å². The first kappa shape index (κ1) is 15.8. The van der Waals surface area contributed by atoms with E-state index in [0.717, 1.165) is 16.7 Å². The molecule has 4 nitrogen and oxygen atoms in total. The molecule has 0 bridgehead atoms. The predicted molar refractivity (Wildman–Crippen MR) is 86.4 cm³/mol. The molecule has 2 aromatic rings. The van der Waals surface area contributed by atoms with Crippen molar-refractivity contribution in [1.29, 1.82) is 0 Å². The molecular formula is C18H19NO3. The molecule has 22 heavy (non-hydrogen) atoms. The Labute approximate surface area is 130 Å². The van der Waals surface area contributed by atoms with Crippen LogP contribution in [0.3, 0.4) is 0 Å².